The number of hydrogen-bond acceptors (Lipinski definition) is 3. The van der Waals surface area contributed by atoms with Crippen molar-refractivity contribution in [2.24, 2.45) is 5.73 Å². The van der Waals surface area contributed by atoms with Gasteiger partial charge in [-0.05, 0) is 38.5 Å². The first-order valence-electron chi connectivity index (χ1n) is 4.54. The number of nitrogens with zero attached hydrogens (tertiary/aromatic N) is 1. The molecule has 1 aromatic rings. The van der Waals surface area contributed by atoms with E-state index in [4.69, 9.17) is 5.73 Å². The molecule has 3 N–H and O–H groups in total. The van der Waals surface area contributed by atoms with Gasteiger partial charge in [0.15, 0.2) is 0 Å². The van der Waals surface area contributed by atoms with Gasteiger partial charge in [-0.25, -0.2) is 4.98 Å². The van der Waals surface area contributed by atoms with E-state index in [0.717, 1.165) is 5.82 Å². The van der Waals surface area contributed by atoms with E-state index in [0.29, 0.717) is 0 Å². The standard InChI is InChI=1S/C10H17N3/c1-7-4-5-12-10(6-7)13-9(3)8(2)11/h4-6,8-9H,11H2,1-3H3,(H,12,13). The molecule has 0 saturated heterocycles. The van der Waals surface area contributed by atoms with E-state index < -0.39 is 0 Å². The van der Waals surface area contributed by atoms with Crippen molar-refractivity contribution in [1.29, 1.82) is 0 Å². The second kappa shape index (κ2) is 4.23. The molecule has 13 heavy (non-hydrogen) atoms. The zero-order chi connectivity index (χ0) is 9.84. The SMILES string of the molecule is Cc1ccnc(NC(C)C(C)N)c1. The molecule has 0 fully saturated rings. The van der Waals surface area contributed by atoms with Crippen LogP contribution < -0.4 is 11.1 Å². The zero-order valence-electron chi connectivity index (χ0n) is 8.41. The summed E-state index contributed by atoms with van der Waals surface area (Å²) in [7, 11) is 0. The van der Waals surface area contributed by atoms with Crippen LogP contribution in [0.2, 0.25) is 0 Å². The maximum Gasteiger partial charge on any atom is 0.126 e. The third-order valence-electron chi connectivity index (χ3n) is 2.08. The minimum atomic E-state index is 0.127. The van der Waals surface area contributed by atoms with Crippen LogP contribution in [0.3, 0.4) is 0 Å². The Hall–Kier alpha value is -1.09. The minimum absolute atomic E-state index is 0.127. The normalized spacial score (nSPS) is 15.1. The Labute approximate surface area is 79.4 Å². The van der Waals surface area contributed by atoms with Crippen LogP contribution in [0.25, 0.3) is 0 Å². The second-order valence-corrected chi connectivity index (χ2v) is 3.51. The van der Waals surface area contributed by atoms with Gasteiger partial charge in [0.05, 0.1) is 0 Å². The van der Waals surface area contributed by atoms with Gasteiger partial charge in [0.1, 0.15) is 5.82 Å². The van der Waals surface area contributed by atoms with E-state index in [1.54, 1.807) is 6.20 Å². The fourth-order valence-electron chi connectivity index (χ4n) is 0.980. The fraction of sp³-hybridized carbons (Fsp3) is 0.500. The number of aromatic nitrogens is 1. The molecule has 0 bridgehead atoms. The van der Waals surface area contributed by atoms with Crippen molar-refractivity contribution in [2.45, 2.75) is 32.9 Å². The van der Waals surface area contributed by atoms with Crippen molar-refractivity contribution in [1.82, 2.24) is 4.98 Å². The van der Waals surface area contributed by atoms with E-state index in [9.17, 15) is 0 Å². The van der Waals surface area contributed by atoms with Crippen molar-refractivity contribution < 1.29 is 0 Å². The summed E-state index contributed by atoms with van der Waals surface area (Å²) in [5.74, 6) is 0.893. The molecule has 0 aliphatic rings. The van der Waals surface area contributed by atoms with Crippen LogP contribution in [0.5, 0.6) is 0 Å². The highest BCUT2D eigenvalue weighted by Crippen LogP contribution is 2.07. The summed E-state index contributed by atoms with van der Waals surface area (Å²) in [5, 5.41) is 3.25. The van der Waals surface area contributed by atoms with Crippen LogP contribution in [0.1, 0.15) is 19.4 Å². The summed E-state index contributed by atoms with van der Waals surface area (Å²) in [6, 6.07) is 4.36. The van der Waals surface area contributed by atoms with Crippen LogP contribution in [0.4, 0.5) is 5.82 Å². The first-order chi connectivity index (χ1) is 6.09. The Morgan fingerprint density at radius 3 is 2.69 bits per heavy atom. The number of hydrogen-bond donors (Lipinski definition) is 2. The Morgan fingerprint density at radius 2 is 2.15 bits per heavy atom. The number of anilines is 1. The van der Waals surface area contributed by atoms with Gasteiger partial charge in [-0.2, -0.15) is 0 Å². The third-order valence-corrected chi connectivity index (χ3v) is 2.08. The Morgan fingerprint density at radius 1 is 1.46 bits per heavy atom. The lowest BCUT2D eigenvalue weighted by molar-refractivity contribution is 0.636. The Kier molecular flexibility index (Phi) is 3.25. The quantitative estimate of drug-likeness (QED) is 0.740. The lowest BCUT2D eigenvalue weighted by Crippen LogP contribution is -2.35. The van der Waals surface area contributed by atoms with E-state index in [2.05, 4.69) is 17.2 Å². The van der Waals surface area contributed by atoms with Crippen molar-refractivity contribution >= 4 is 5.82 Å². The Bertz CT molecular complexity index is 271. The summed E-state index contributed by atoms with van der Waals surface area (Å²) in [6.45, 7) is 6.07. The van der Waals surface area contributed by atoms with Gasteiger partial charge in [-0.1, -0.05) is 0 Å². The van der Waals surface area contributed by atoms with Crippen LogP contribution >= 0.6 is 0 Å². The van der Waals surface area contributed by atoms with Gasteiger partial charge < -0.3 is 11.1 Å². The summed E-state index contributed by atoms with van der Waals surface area (Å²) < 4.78 is 0. The molecule has 2 atom stereocenters. The van der Waals surface area contributed by atoms with Gasteiger partial charge in [0, 0.05) is 18.3 Å². The first kappa shape index (κ1) is 9.99. The lowest BCUT2D eigenvalue weighted by atomic mass is 10.2. The second-order valence-electron chi connectivity index (χ2n) is 3.51. The van der Waals surface area contributed by atoms with E-state index in [1.165, 1.54) is 5.56 Å². The highest BCUT2D eigenvalue weighted by atomic mass is 15.0. The highest BCUT2D eigenvalue weighted by Gasteiger charge is 2.06. The maximum atomic E-state index is 5.73. The maximum absolute atomic E-state index is 5.73. The minimum Gasteiger partial charge on any atom is -0.366 e. The molecule has 0 aromatic carbocycles. The number of nitrogens with one attached hydrogen (secondary N) is 1. The number of aryl methyl sites for hydroxylation is 1. The summed E-state index contributed by atoms with van der Waals surface area (Å²) in [4.78, 5) is 4.20. The average Bonchev–Trinajstić information content (AvgIpc) is 2.04. The van der Waals surface area contributed by atoms with Crippen molar-refractivity contribution in [2.75, 3.05) is 5.32 Å². The molecule has 1 aromatic heterocycles. The summed E-state index contributed by atoms with van der Waals surface area (Å²) in [6.07, 6.45) is 1.80. The molecule has 0 radical (unpaired) electrons. The summed E-state index contributed by atoms with van der Waals surface area (Å²) >= 11 is 0. The van der Waals surface area contributed by atoms with Gasteiger partial charge in [-0.15, -0.1) is 0 Å². The van der Waals surface area contributed by atoms with Gasteiger partial charge in [0.2, 0.25) is 0 Å². The van der Waals surface area contributed by atoms with E-state index in [-0.39, 0.29) is 12.1 Å². The molecular formula is C10H17N3. The van der Waals surface area contributed by atoms with E-state index >= 15 is 0 Å². The number of rotatable bonds is 3. The highest BCUT2D eigenvalue weighted by molar-refractivity contribution is 5.38. The molecule has 1 rings (SSSR count). The molecule has 0 saturated carbocycles. The van der Waals surface area contributed by atoms with Crippen LogP contribution in [-0.4, -0.2) is 17.1 Å². The van der Waals surface area contributed by atoms with Crippen LogP contribution in [0, 0.1) is 6.92 Å². The zero-order valence-corrected chi connectivity index (χ0v) is 8.41. The topological polar surface area (TPSA) is 50.9 Å². The third kappa shape index (κ3) is 3.03. The average molecular weight is 179 g/mol. The van der Waals surface area contributed by atoms with Crippen LogP contribution in [-0.2, 0) is 0 Å². The monoisotopic (exact) mass is 179 g/mol. The largest absolute Gasteiger partial charge is 0.366 e. The molecule has 72 valence electrons. The van der Waals surface area contributed by atoms with Crippen molar-refractivity contribution in [3.63, 3.8) is 0 Å². The molecule has 2 unspecified atom stereocenters. The molecule has 1 heterocycles. The van der Waals surface area contributed by atoms with Crippen molar-refractivity contribution in [3.8, 4) is 0 Å². The molecule has 0 spiro atoms. The van der Waals surface area contributed by atoms with Crippen molar-refractivity contribution in [3.05, 3.63) is 23.9 Å². The van der Waals surface area contributed by atoms with Gasteiger partial charge in [-0.3, -0.25) is 0 Å². The molecule has 0 amide bonds. The molecular weight excluding hydrogens is 162 g/mol. The first-order valence-corrected chi connectivity index (χ1v) is 4.54. The Balaban J connectivity index is 2.64. The predicted octanol–water partition coefficient (Wildman–Crippen LogP) is 1.54. The van der Waals surface area contributed by atoms with Crippen LogP contribution in [0.15, 0.2) is 18.3 Å². The molecule has 3 nitrogen and oxygen atoms in total. The molecule has 0 aliphatic carbocycles. The molecule has 3 heteroatoms. The fourth-order valence-corrected chi connectivity index (χ4v) is 0.980. The van der Waals surface area contributed by atoms with Gasteiger partial charge >= 0.3 is 0 Å². The number of pyridine rings is 1. The predicted molar refractivity (Wildman–Crippen MR) is 55.7 cm³/mol. The van der Waals surface area contributed by atoms with E-state index in [1.807, 2.05) is 26.0 Å². The summed E-state index contributed by atoms with van der Waals surface area (Å²) in [5.41, 5.74) is 6.93. The number of nitrogens with two attached hydrogens (primary N) is 1. The lowest BCUT2D eigenvalue weighted by Gasteiger charge is -2.17. The smallest absolute Gasteiger partial charge is 0.126 e. The molecule has 0 aliphatic heterocycles. The van der Waals surface area contributed by atoms with Gasteiger partial charge in [0.25, 0.3) is 0 Å².